The maximum atomic E-state index is 12.9. The SMILES string of the molecule is O=C(Nc1nc(-c2ccccc2)nc2c(Cc3ccccc3)cnn12)C1CCCCC1. The molecule has 0 saturated heterocycles. The molecule has 2 heterocycles. The zero-order chi connectivity index (χ0) is 21.0. The standard InChI is InChI=1S/C25H25N5O/c31-24(20-14-8-3-9-15-20)29-25-28-22(19-12-6-2-7-13-19)27-23-21(17-26-30(23)25)16-18-10-4-1-5-11-18/h1-2,4-7,10-13,17,20H,3,8-9,14-16H2,(H,27,28,29,31). The van der Waals surface area contributed by atoms with Gasteiger partial charge < -0.3 is 0 Å². The van der Waals surface area contributed by atoms with Gasteiger partial charge in [0.15, 0.2) is 11.5 Å². The van der Waals surface area contributed by atoms with E-state index in [1.54, 1.807) is 4.52 Å². The molecule has 1 fully saturated rings. The van der Waals surface area contributed by atoms with Crippen molar-refractivity contribution in [1.82, 2.24) is 19.6 Å². The van der Waals surface area contributed by atoms with E-state index >= 15 is 0 Å². The van der Waals surface area contributed by atoms with E-state index in [9.17, 15) is 4.79 Å². The van der Waals surface area contributed by atoms with E-state index in [0.29, 0.717) is 18.2 Å². The molecular formula is C25H25N5O. The maximum Gasteiger partial charge on any atom is 0.234 e. The van der Waals surface area contributed by atoms with E-state index in [0.717, 1.165) is 42.5 Å². The molecule has 156 valence electrons. The molecule has 31 heavy (non-hydrogen) atoms. The van der Waals surface area contributed by atoms with Crippen molar-refractivity contribution >= 4 is 17.5 Å². The minimum Gasteiger partial charge on any atom is -0.294 e. The Balaban J connectivity index is 1.55. The molecule has 1 saturated carbocycles. The fourth-order valence-corrected chi connectivity index (χ4v) is 4.24. The van der Waals surface area contributed by atoms with Gasteiger partial charge in [0.25, 0.3) is 0 Å². The number of hydrogen-bond acceptors (Lipinski definition) is 4. The van der Waals surface area contributed by atoms with Gasteiger partial charge in [0, 0.05) is 23.5 Å². The molecule has 1 aliphatic rings. The number of carbonyl (C=O) groups excluding carboxylic acids is 1. The minimum absolute atomic E-state index is 0.0267. The fourth-order valence-electron chi connectivity index (χ4n) is 4.24. The third-order valence-corrected chi connectivity index (χ3v) is 5.92. The lowest BCUT2D eigenvalue weighted by Crippen LogP contribution is -2.26. The molecule has 2 aromatic carbocycles. The van der Waals surface area contributed by atoms with Crippen LogP contribution in [0.5, 0.6) is 0 Å². The summed E-state index contributed by atoms with van der Waals surface area (Å²) in [5, 5.41) is 7.58. The van der Waals surface area contributed by atoms with Crippen LogP contribution < -0.4 is 5.32 Å². The Morgan fingerprint density at radius 2 is 1.65 bits per heavy atom. The molecule has 0 atom stereocenters. The highest BCUT2D eigenvalue weighted by Crippen LogP contribution is 2.26. The number of anilines is 1. The second-order valence-corrected chi connectivity index (χ2v) is 8.13. The van der Waals surface area contributed by atoms with Crippen LogP contribution in [-0.2, 0) is 11.2 Å². The summed E-state index contributed by atoms with van der Waals surface area (Å²) < 4.78 is 1.66. The Morgan fingerprint density at radius 1 is 0.935 bits per heavy atom. The summed E-state index contributed by atoms with van der Waals surface area (Å²) >= 11 is 0. The largest absolute Gasteiger partial charge is 0.294 e. The fraction of sp³-hybridized carbons (Fsp3) is 0.280. The van der Waals surface area contributed by atoms with Crippen LogP contribution in [0.4, 0.5) is 5.95 Å². The zero-order valence-corrected chi connectivity index (χ0v) is 17.4. The third kappa shape index (κ3) is 4.19. The molecule has 1 aliphatic carbocycles. The van der Waals surface area contributed by atoms with Gasteiger partial charge in [-0.2, -0.15) is 14.6 Å². The van der Waals surface area contributed by atoms with Gasteiger partial charge in [-0.15, -0.1) is 0 Å². The Kier molecular flexibility index (Phi) is 5.44. The van der Waals surface area contributed by atoms with Gasteiger partial charge in [-0.1, -0.05) is 79.9 Å². The molecule has 0 spiro atoms. The molecule has 6 nitrogen and oxygen atoms in total. The van der Waals surface area contributed by atoms with Crippen molar-refractivity contribution in [3.8, 4) is 11.4 Å². The molecule has 0 bridgehead atoms. The first-order valence-electron chi connectivity index (χ1n) is 10.9. The lowest BCUT2D eigenvalue weighted by atomic mass is 9.89. The number of hydrogen-bond donors (Lipinski definition) is 1. The van der Waals surface area contributed by atoms with E-state index in [1.165, 1.54) is 12.0 Å². The summed E-state index contributed by atoms with van der Waals surface area (Å²) in [5.41, 5.74) is 3.81. The Hall–Kier alpha value is -3.54. The quantitative estimate of drug-likeness (QED) is 0.507. The molecule has 1 amide bonds. The van der Waals surface area contributed by atoms with Gasteiger partial charge in [0.1, 0.15) is 0 Å². The van der Waals surface area contributed by atoms with Crippen LogP contribution in [-0.4, -0.2) is 25.5 Å². The first kappa shape index (κ1) is 19.4. The van der Waals surface area contributed by atoms with Crippen molar-refractivity contribution in [2.24, 2.45) is 5.92 Å². The summed E-state index contributed by atoms with van der Waals surface area (Å²) in [7, 11) is 0. The molecular weight excluding hydrogens is 386 g/mol. The number of fused-ring (bicyclic) bond motifs is 1. The van der Waals surface area contributed by atoms with Gasteiger partial charge in [0.05, 0.1) is 6.20 Å². The van der Waals surface area contributed by atoms with Gasteiger partial charge in [0.2, 0.25) is 11.9 Å². The highest BCUT2D eigenvalue weighted by Gasteiger charge is 2.23. The molecule has 0 unspecified atom stereocenters. The summed E-state index contributed by atoms with van der Waals surface area (Å²) in [6, 6.07) is 20.1. The monoisotopic (exact) mass is 411 g/mol. The highest BCUT2D eigenvalue weighted by atomic mass is 16.2. The van der Waals surface area contributed by atoms with E-state index in [2.05, 4.69) is 27.5 Å². The van der Waals surface area contributed by atoms with Crippen LogP contribution in [0, 0.1) is 5.92 Å². The maximum absolute atomic E-state index is 12.9. The number of nitrogens with one attached hydrogen (secondary N) is 1. The smallest absolute Gasteiger partial charge is 0.234 e. The van der Waals surface area contributed by atoms with Crippen LogP contribution >= 0.6 is 0 Å². The average molecular weight is 412 g/mol. The van der Waals surface area contributed by atoms with Gasteiger partial charge in [-0.05, 0) is 18.4 Å². The Morgan fingerprint density at radius 3 is 2.39 bits per heavy atom. The van der Waals surface area contributed by atoms with E-state index in [1.807, 2.05) is 54.7 Å². The van der Waals surface area contributed by atoms with Crippen molar-refractivity contribution in [2.75, 3.05) is 5.32 Å². The summed E-state index contributed by atoms with van der Waals surface area (Å²) in [5.74, 6) is 1.08. The molecule has 6 heteroatoms. The summed E-state index contributed by atoms with van der Waals surface area (Å²) in [6.07, 6.45) is 7.83. The van der Waals surface area contributed by atoms with Gasteiger partial charge >= 0.3 is 0 Å². The van der Waals surface area contributed by atoms with Crippen molar-refractivity contribution in [2.45, 2.75) is 38.5 Å². The zero-order valence-electron chi connectivity index (χ0n) is 17.4. The predicted molar refractivity (Wildman–Crippen MR) is 121 cm³/mol. The number of amides is 1. The molecule has 0 radical (unpaired) electrons. The molecule has 2 aromatic heterocycles. The Bertz CT molecular complexity index is 1180. The van der Waals surface area contributed by atoms with Crippen LogP contribution in [0.1, 0.15) is 43.2 Å². The topological polar surface area (TPSA) is 72.2 Å². The van der Waals surface area contributed by atoms with Crippen molar-refractivity contribution < 1.29 is 4.79 Å². The Labute approximate surface area is 181 Å². The number of benzene rings is 2. The predicted octanol–water partition coefficient (Wildman–Crippen LogP) is 4.90. The van der Waals surface area contributed by atoms with Crippen LogP contribution in [0.15, 0.2) is 66.9 Å². The average Bonchev–Trinajstić information content (AvgIpc) is 3.24. The summed E-state index contributed by atoms with van der Waals surface area (Å²) in [6.45, 7) is 0. The second kappa shape index (κ2) is 8.68. The number of aromatic nitrogens is 4. The minimum atomic E-state index is 0.0267. The normalized spacial score (nSPS) is 14.6. The van der Waals surface area contributed by atoms with E-state index < -0.39 is 0 Å². The lowest BCUT2D eigenvalue weighted by molar-refractivity contribution is -0.120. The molecule has 5 rings (SSSR count). The van der Waals surface area contributed by atoms with Crippen LogP contribution in [0.2, 0.25) is 0 Å². The van der Waals surface area contributed by atoms with Crippen molar-refractivity contribution in [3.63, 3.8) is 0 Å². The molecule has 1 N–H and O–H groups in total. The first-order valence-corrected chi connectivity index (χ1v) is 10.9. The highest BCUT2D eigenvalue weighted by molar-refractivity contribution is 5.91. The van der Waals surface area contributed by atoms with Crippen LogP contribution in [0.3, 0.4) is 0 Å². The number of rotatable bonds is 5. The second-order valence-electron chi connectivity index (χ2n) is 8.13. The lowest BCUT2D eigenvalue weighted by Gasteiger charge is -2.20. The molecule has 0 aliphatic heterocycles. The van der Waals surface area contributed by atoms with Crippen LogP contribution in [0.25, 0.3) is 17.0 Å². The number of nitrogens with zero attached hydrogens (tertiary/aromatic N) is 4. The molecule has 4 aromatic rings. The van der Waals surface area contributed by atoms with Gasteiger partial charge in [-0.25, -0.2) is 4.98 Å². The number of carbonyl (C=O) groups is 1. The summed E-state index contributed by atoms with van der Waals surface area (Å²) in [4.78, 5) is 22.4. The first-order chi connectivity index (χ1) is 15.3. The van der Waals surface area contributed by atoms with Crippen molar-refractivity contribution in [1.29, 1.82) is 0 Å². The third-order valence-electron chi connectivity index (χ3n) is 5.92. The van der Waals surface area contributed by atoms with E-state index in [-0.39, 0.29) is 11.8 Å². The van der Waals surface area contributed by atoms with E-state index in [4.69, 9.17) is 4.98 Å². The van der Waals surface area contributed by atoms with Gasteiger partial charge in [-0.3, -0.25) is 10.1 Å². The van der Waals surface area contributed by atoms with Crippen molar-refractivity contribution in [3.05, 3.63) is 78.0 Å².